The lowest BCUT2D eigenvalue weighted by atomic mass is 10.1. The van der Waals surface area contributed by atoms with E-state index in [1.165, 1.54) is 0 Å². The van der Waals surface area contributed by atoms with Crippen molar-refractivity contribution in [1.29, 1.82) is 0 Å². The Labute approximate surface area is 85.8 Å². The predicted molar refractivity (Wildman–Crippen MR) is 54.2 cm³/mol. The monoisotopic (exact) mass is 222 g/mol. The van der Waals surface area contributed by atoms with E-state index in [-0.39, 0.29) is 11.7 Å². The van der Waals surface area contributed by atoms with Crippen molar-refractivity contribution in [3.8, 4) is 0 Å². The van der Waals surface area contributed by atoms with Crippen molar-refractivity contribution in [3.63, 3.8) is 0 Å². The van der Waals surface area contributed by atoms with Gasteiger partial charge in [0.15, 0.2) is 0 Å². The molecule has 0 N–H and O–H groups in total. The van der Waals surface area contributed by atoms with Crippen LogP contribution in [0.5, 0.6) is 0 Å². The molecular formula is C9H18O4S. The molecule has 0 bridgehead atoms. The van der Waals surface area contributed by atoms with E-state index in [1.54, 1.807) is 6.92 Å². The van der Waals surface area contributed by atoms with Crippen LogP contribution in [0.3, 0.4) is 0 Å². The third-order valence-electron chi connectivity index (χ3n) is 1.97. The zero-order chi connectivity index (χ0) is 11.2. The molecular weight excluding hydrogens is 204 g/mol. The largest absolute Gasteiger partial charge is 0.345 e. The molecule has 0 amide bonds. The average Bonchev–Trinajstić information content (AvgIpc) is 2.12. The molecule has 0 rings (SSSR count). The highest BCUT2D eigenvalue weighted by molar-refractivity contribution is 7.87. The lowest BCUT2D eigenvalue weighted by Gasteiger charge is -2.08. The van der Waals surface area contributed by atoms with E-state index in [9.17, 15) is 13.2 Å². The molecule has 14 heavy (non-hydrogen) atoms. The van der Waals surface area contributed by atoms with Crippen molar-refractivity contribution in [2.75, 3.05) is 5.75 Å². The van der Waals surface area contributed by atoms with E-state index in [0.29, 0.717) is 12.8 Å². The van der Waals surface area contributed by atoms with Crippen LogP contribution in [0.15, 0.2) is 0 Å². The number of hydrogen-bond donors (Lipinski definition) is 0. The minimum Gasteiger partial charge on any atom is -0.345 e. The Morgan fingerprint density at radius 2 is 1.93 bits per heavy atom. The van der Waals surface area contributed by atoms with Crippen molar-refractivity contribution in [2.45, 2.75) is 40.0 Å². The van der Waals surface area contributed by atoms with Gasteiger partial charge < -0.3 is 4.18 Å². The quantitative estimate of drug-likeness (QED) is 0.642. The molecule has 84 valence electrons. The fraction of sp³-hybridized carbons (Fsp3) is 0.889. The maximum Gasteiger partial charge on any atom is 0.324 e. The zero-order valence-corrected chi connectivity index (χ0v) is 9.76. The van der Waals surface area contributed by atoms with Gasteiger partial charge in [0.2, 0.25) is 0 Å². The Morgan fingerprint density at radius 3 is 2.36 bits per heavy atom. The van der Waals surface area contributed by atoms with Gasteiger partial charge in [0.25, 0.3) is 0 Å². The summed E-state index contributed by atoms with van der Waals surface area (Å²) in [4.78, 5) is 11.2. The molecule has 0 saturated carbocycles. The van der Waals surface area contributed by atoms with E-state index >= 15 is 0 Å². The molecule has 0 aliphatic heterocycles. The highest BCUT2D eigenvalue weighted by Crippen LogP contribution is 2.07. The van der Waals surface area contributed by atoms with Crippen LogP contribution in [0, 0.1) is 5.92 Å². The summed E-state index contributed by atoms with van der Waals surface area (Å²) in [7, 11) is -3.65. The first-order valence-corrected chi connectivity index (χ1v) is 6.46. The number of rotatable bonds is 6. The maximum atomic E-state index is 11.2. The summed E-state index contributed by atoms with van der Waals surface area (Å²) in [6, 6.07) is 0. The Balaban J connectivity index is 4.16. The molecule has 1 unspecified atom stereocenters. The van der Waals surface area contributed by atoms with Crippen molar-refractivity contribution in [2.24, 2.45) is 5.92 Å². The third-order valence-corrected chi connectivity index (χ3v) is 3.18. The van der Waals surface area contributed by atoms with Crippen LogP contribution in [0.1, 0.15) is 40.0 Å². The number of carbonyl (C=O) groups excluding carboxylic acids is 1. The first kappa shape index (κ1) is 13.4. The molecule has 0 aromatic heterocycles. The van der Waals surface area contributed by atoms with Gasteiger partial charge in [-0.05, 0) is 12.8 Å². The van der Waals surface area contributed by atoms with E-state index in [0.717, 1.165) is 6.42 Å². The summed E-state index contributed by atoms with van der Waals surface area (Å²) in [5.41, 5.74) is 0. The van der Waals surface area contributed by atoms with Gasteiger partial charge in [-0.15, -0.1) is 0 Å². The smallest absolute Gasteiger partial charge is 0.324 e. The molecule has 0 aliphatic rings. The second-order valence-electron chi connectivity index (χ2n) is 3.33. The minimum absolute atomic E-state index is 0.0777. The van der Waals surface area contributed by atoms with Gasteiger partial charge in [-0.2, -0.15) is 8.42 Å². The van der Waals surface area contributed by atoms with Crippen molar-refractivity contribution >= 4 is 16.1 Å². The Bertz CT molecular complexity index is 269. The molecule has 5 heteroatoms. The van der Waals surface area contributed by atoms with Crippen LogP contribution >= 0.6 is 0 Å². The van der Waals surface area contributed by atoms with Crippen LogP contribution in [0.25, 0.3) is 0 Å². The van der Waals surface area contributed by atoms with Crippen molar-refractivity contribution in [3.05, 3.63) is 0 Å². The molecule has 4 nitrogen and oxygen atoms in total. The molecule has 0 aromatic carbocycles. The minimum atomic E-state index is -3.65. The second-order valence-corrected chi connectivity index (χ2v) is 5.02. The summed E-state index contributed by atoms with van der Waals surface area (Å²) in [6.45, 7) is 5.34. The fourth-order valence-corrected chi connectivity index (χ4v) is 1.88. The van der Waals surface area contributed by atoms with Gasteiger partial charge in [-0.1, -0.05) is 27.2 Å². The number of hydrogen-bond acceptors (Lipinski definition) is 4. The van der Waals surface area contributed by atoms with Crippen molar-refractivity contribution < 1.29 is 17.4 Å². The van der Waals surface area contributed by atoms with Gasteiger partial charge in [0, 0.05) is 0 Å². The van der Waals surface area contributed by atoms with E-state index in [4.69, 9.17) is 0 Å². The maximum absolute atomic E-state index is 11.2. The van der Waals surface area contributed by atoms with E-state index in [1.807, 2.05) is 13.8 Å². The molecule has 0 fully saturated rings. The molecule has 1 atom stereocenters. The summed E-state index contributed by atoms with van der Waals surface area (Å²) in [6.07, 6.45) is 1.87. The topological polar surface area (TPSA) is 60.4 Å². The molecule has 0 saturated heterocycles. The first-order chi connectivity index (χ1) is 6.43. The Morgan fingerprint density at radius 1 is 1.36 bits per heavy atom. The van der Waals surface area contributed by atoms with Gasteiger partial charge in [-0.25, -0.2) is 0 Å². The molecule has 0 aliphatic carbocycles. The summed E-state index contributed by atoms with van der Waals surface area (Å²) in [5.74, 6) is -1.08. The highest BCUT2D eigenvalue weighted by Gasteiger charge is 2.20. The predicted octanol–water partition coefficient (Wildman–Crippen LogP) is 1.71. The lowest BCUT2D eigenvalue weighted by molar-refractivity contribution is -0.137. The summed E-state index contributed by atoms with van der Waals surface area (Å²) >= 11 is 0. The number of carbonyl (C=O) groups is 1. The van der Waals surface area contributed by atoms with E-state index < -0.39 is 16.1 Å². The second kappa shape index (κ2) is 6.01. The van der Waals surface area contributed by atoms with Gasteiger partial charge in [0.05, 0.1) is 11.7 Å². The summed E-state index contributed by atoms with van der Waals surface area (Å²) < 4.78 is 26.8. The SMILES string of the molecule is CCCCS(=O)(=O)OC(=O)C(C)CC. The Hall–Kier alpha value is -0.580. The van der Waals surface area contributed by atoms with Crippen LogP contribution < -0.4 is 0 Å². The van der Waals surface area contributed by atoms with Crippen LogP contribution in [-0.4, -0.2) is 20.1 Å². The normalized spacial score (nSPS) is 13.6. The third kappa shape index (κ3) is 5.21. The average molecular weight is 222 g/mol. The molecule has 0 aromatic rings. The standard InChI is InChI=1S/C9H18O4S/c1-4-6-7-14(11,12)13-9(10)8(3)5-2/h8H,4-7H2,1-3H3. The fourth-order valence-electron chi connectivity index (χ4n) is 0.737. The summed E-state index contributed by atoms with van der Waals surface area (Å²) in [5, 5.41) is 0. The van der Waals surface area contributed by atoms with Gasteiger partial charge >= 0.3 is 16.1 Å². The molecule has 0 heterocycles. The molecule has 0 spiro atoms. The van der Waals surface area contributed by atoms with E-state index in [2.05, 4.69) is 4.18 Å². The van der Waals surface area contributed by atoms with Crippen molar-refractivity contribution in [1.82, 2.24) is 0 Å². The Kier molecular flexibility index (Phi) is 5.76. The molecule has 0 radical (unpaired) electrons. The highest BCUT2D eigenvalue weighted by atomic mass is 32.2. The van der Waals surface area contributed by atoms with Crippen LogP contribution in [0.2, 0.25) is 0 Å². The number of unbranched alkanes of at least 4 members (excludes halogenated alkanes) is 1. The van der Waals surface area contributed by atoms with Crippen LogP contribution in [0.4, 0.5) is 0 Å². The van der Waals surface area contributed by atoms with Crippen LogP contribution in [-0.2, 0) is 19.1 Å². The zero-order valence-electron chi connectivity index (χ0n) is 8.95. The van der Waals surface area contributed by atoms with Gasteiger partial charge in [0.1, 0.15) is 0 Å². The first-order valence-electron chi connectivity index (χ1n) is 4.89. The lowest BCUT2D eigenvalue weighted by Crippen LogP contribution is -2.21. The van der Waals surface area contributed by atoms with Gasteiger partial charge in [-0.3, -0.25) is 4.79 Å².